The molecule has 3 heterocycles. The first-order chi connectivity index (χ1) is 8.77. The van der Waals surface area contributed by atoms with Crippen LogP contribution < -0.4 is 4.48 Å². The third-order valence-electron chi connectivity index (χ3n) is 2.73. The van der Waals surface area contributed by atoms with Gasteiger partial charge in [-0.3, -0.25) is 0 Å². The van der Waals surface area contributed by atoms with Crippen molar-refractivity contribution in [3.05, 3.63) is 54.0 Å². The summed E-state index contributed by atoms with van der Waals surface area (Å²) in [6.07, 6.45) is 5.06. The number of nitrogens with one attached hydrogen (secondary N) is 1. The fourth-order valence-corrected chi connectivity index (χ4v) is 2.37. The number of pyridine rings is 2. The maximum atomic E-state index is 12.4. The number of hydrogen-bond acceptors (Lipinski definition) is 3. The second kappa shape index (κ2) is 4.39. The summed E-state index contributed by atoms with van der Waals surface area (Å²) >= 11 is 2.32. The van der Waals surface area contributed by atoms with Crippen molar-refractivity contribution in [3.63, 3.8) is 0 Å². The number of aromatic amines is 1. The van der Waals surface area contributed by atoms with Crippen LogP contribution in [0.1, 0.15) is 15.9 Å². The van der Waals surface area contributed by atoms with Crippen LogP contribution in [0.25, 0.3) is 11.0 Å². The Labute approximate surface area is 112 Å². The number of nitrogens with zero attached hydrogens (tertiary/aromatic N) is 2. The van der Waals surface area contributed by atoms with Crippen molar-refractivity contribution in [1.82, 2.24) is 15.0 Å². The second-order valence-corrected chi connectivity index (χ2v) is 4.69. The molecule has 0 amide bonds. The van der Waals surface area contributed by atoms with Crippen molar-refractivity contribution in [2.24, 2.45) is 0 Å². The van der Waals surface area contributed by atoms with E-state index in [1.807, 2.05) is 12.1 Å². The molecular formula is C13H8AsN3O. The van der Waals surface area contributed by atoms with E-state index in [1.54, 1.807) is 30.7 Å². The summed E-state index contributed by atoms with van der Waals surface area (Å²) in [7, 11) is 0. The number of fused-ring (bicyclic) bond motifs is 1. The van der Waals surface area contributed by atoms with Gasteiger partial charge in [0.1, 0.15) is 0 Å². The quantitative estimate of drug-likeness (QED) is 0.567. The second-order valence-electron chi connectivity index (χ2n) is 3.81. The van der Waals surface area contributed by atoms with Crippen LogP contribution in [0, 0.1) is 0 Å². The molecular weight excluding hydrogens is 289 g/mol. The van der Waals surface area contributed by atoms with Crippen LogP contribution in [-0.4, -0.2) is 37.6 Å². The number of carbonyl (C=O) groups is 1. The molecule has 0 aliphatic carbocycles. The molecule has 0 atom stereocenters. The molecule has 0 fully saturated rings. The van der Waals surface area contributed by atoms with Gasteiger partial charge in [-0.25, -0.2) is 0 Å². The van der Waals surface area contributed by atoms with E-state index in [0.717, 1.165) is 11.0 Å². The Bertz CT molecular complexity index is 736. The number of carbonyl (C=O) groups excluding carboxylic acids is 1. The summed E-state index contributed by atoms with van der Waals surface area (Å²) in [4.78, 5) is 23.7. The molecule has 3 aromatic rings. The Morgan fingerprint density at radius 3 is 2.72 bits per heavy atom. The topological polar surface area (TPSA) is 58.6 Å². The van der Waals surface area contributed by atoms with Gasteiger partial charge in [-0.05, 0) is 0 Å². The van der Waals surface area contributed by atoms with E-state index >= 15 is 0 Å². The van der Waals surface area contributed by atoms with Gasteiger partial charge in [0.2, 0.25) is 0 Å². The summed E-state index contributed by atoms with van der Waals surface area (Å²) in [6.45, 7) is 0. The normalized spacial score (nSPS) is 10.7. The van der Waals surface area contributed by atoms with Crippen molar-refractivity contribution in [2.75, 3.05) is 0 Å². The van der Waals surface area contributed by atoms with Crippen LogP contribution in [0.3, 0.4) is 0 Å². The van der Waals surface area contributed by atoms with Crippen molar-refractivity contribution in [3.8, 4) is 0 Å². The van der Waals surface area contributed by atoms with E-state index in [0.29, 0.717) is 15.6 Å². The molecule has 18 heavy (non-hydrogen) atoms. The van der Waals surface area contributed by atoms with Gasteiger partial charge in [0, 0.05) is 0 Å². The van der Waals surface area contributed by atoms with Crippen molar-refractivity contribution in [1.29, 1.82) is 0 Å². The van der Waals surface area contributed by atoms with Gasteiger partial charge in [-0.15, -0.1) is 0 Å². The minimum absolute atomic E-state index is 0.0435. The summed E-state index contributed by atoms with van der Waals surface area (Å²) in [6, 6.07) is 7.24. The molecule has 3 aromatic heterocycles. The number of aromatic nitrogens is 3. The summed E-state index contributed by atoms with van der Waals surface area (Å²) in [5, 5.41) is 0.832. The molecule has 0 saturated carbocycles. The first-order valence-corrected chi connectivity index (χ1v) is 6.32. The molecule has 0 aromatic carbocycles. The molecule has 0 saturated heterocycles. The molecule has 0 unspecified atom stereocenters. The first kappa shape index (κ1) is 11.2. The monoisotopic (exact) mass is 297 g/mol. The molecule has 3 rings (SSSR count). The molecule has 4 nitrogen and oxygen atoms in total. The molecule has 1 N–H and O–H groups in total. The number of hydrogen-bond donors (Lipinski definition) is 1. The van der Waals surface area contributed by atoms with E-state index in [-0.39, 0.29) is 5.78 Å². The van der Waals surface area contributed by atoms with E-state index < -0.39 is 0 Å². The Kier molecular flexibility index (Phi) is 2.72. The van der Waals surface area contributed by atoms with Gasteiger partial charge in [0.05, 0.1) is 0 Å². The van der Waals surface area contributed by atoms with Crippen molar-refractivity contribution >= 4 is 38.2 Å². The average Bonchev–Trinajstić information content (AvgIpc) is 2.82. The Balaban J connectivity index is 2.16. The van der Waals surface area contributed by atoms with Crippen LogP contribution in [0.15, 0.2) is 42.9 Å². The van der Waals surface area contributed by atoms with Crippen LogP contribution in [0.5, 0.6) is 0 Å². The van der Waals surface area contributed by atoms with Gasteiger partial charge in [0.15, 0.2) is 0 Å². The predicted molar refractivity (Wildman–Crippen MR) is 69.2 cm³/mol. The van der Waals surface area contributed by atoms with E-state index in [1.165, 1.54) is 0 Å². The number of ketones is 1. The van der Waals surface area contributed by atoms with Gasteiger partial charge < -0.3 is 0 Å². The SMILES string of the molecule is O=C(c1cccnc1[As])c1c[nH]c2ncccc12. The van der Waals surface area contributed by atoms with E-state index in [9.17, 15) is 4.79 Å². The van der Waals surface area contributed by atoms with Crippen LogP contribution in [0.2, 0.25) is 0 Å². The molecule has 5 heteroatoms. The Morgan fingerprint density at radius 1 is 1.11 bits per heavy atom. The predicted octanol–water partition coefficient (Wildman–Crippen LogP) is 0.983. The van der Waals surface area contributed by atoms with Crippen LogP contribution in [0.4, 0.5) is 0 Å². The van der Waals surface area contributed by atoms with Gasteiger partial charge in [-0.2, -0.15) is 0 Å². The zero-order valence-corrected chi connectivity index (χ0v) is 11.2. The standard InChI is InChI=1S/C13H8AsN3O/c14-12-9(4-2-5-15-12)11(18)10-7-17-13-8(10)3-1-6-16-13/h1-7H,(H,16,17). The Morgan fingerprint density at radius 2 is 1.89 bits per heavy atom. The molecule has 0 aliphatic heterocycles. The molecule has 0 spiro atoms. The summed E-state index contributed by atoms with van der Waals surface area (Å²) in [5.41, 5.74) is 1.94. The van der Waals surface area contributed by atoms with Crippen molar-refractivity contribution < 1.29 is 4.79 Å². The summed E-state index contributed by atoms with van der Waals surface area (Å²) in [5.74, 6) is -0.0435. The maximum absolute atomic E-state index is 12.4. The minimum atomic E-state index is -0.0435. The average molecular weight is 297 g/mol. The fraction of sp³-hybridized carbons (Fsp3) is 0. The third kappa shape index (κ3) is 1.75. The van der Waals surface area contributed by atoms with Crippen LogP contribution in [-0.2, 0) is 0 Å². The number of H-pyrrole nitrogens is 1. The van der Waals surface area contributed by atoms with E-state index in [4.69, 9.17) is 0 Å². The van der Waals surface area contributed by atoms with Gasteiger partial charge >= 0.3 is 112 Å². The Hall–Kier alpha value is -1.93. The van der Waals surface area contributed by atoms with E-state index in [2.05, 4.69) is 31.8 Å². The first-order valence-electron chi connectivity index (χ1n) is 5.38. The van der Waals surface area contributed by atoms with Gasteiger partial charge in [0.25, 0.3) is 0 Å². The molecule has 86 valence electrons. The molecule has 2 radical (unpaired) electrons. The molecule has 0 aliphatic rings. The third-order valence-corrected chi connectivity index (χ3v) is 3.47. The van der Waals surface area contributed by atoms with Crippen LogP contribution >= 0.6 is 0 Å². The zero-order valence-electron chi connectivity index (χ0n) is 9.29. The fourth-order valence-electron chi connectivity index (χ4n) is 1.86. The van der Waals surface area contributed by atoms with Crippen molar-refractivity contribution in [2.45, 2.75) is 0 Å². The van der Waals surface area contributed by atoms with Gasteiger partial charge in [-0.1, -0.05) is 0 Å². The molecule has 0 bridgehead atoms. The zero-order chi connectivity index (χ0) is 12.5. The summed E-state index contributed by atoms with van der Waals surface area (Å²) < 4.78 is 0.674. The number of rotatable bonds is 2.